The Kier molecular flexibility index (Phi) is 5.28. The molecular formula is C19H26N6OS2. The number of hydrogen-bond acceptors (Lipinski definition) is 8. The molecule has 0 spiro atoms. The summed E-state index contributed by atoms with van der Waals surface area (Å²) in [4.78, 5) is 23.7. The molecule has 0 radical (unpaired) electrons. The maximum absolute atomic E-state index is 12.8. The van der Waals surface area contributed by atoms with Crippen LogP contribution in [0.4, 0.5) is 5.13 Å². The van der Waals surface area contributed by atoms with Crippen molar-refractivity contribution in [2.45, 2.75) is 44.4 Å². The van der Waals surface area contributed by atoms with E-state index in [1.165, 1.54) is 37.1 Å². The number of carbonyl (C=O) groups excluding carboxylic acids is 1. The highest BCUT2D eigenvalue weighted by Crippen LogP contribution is 2.36. The van der Waals surface area contributed by atoms with Gasteiger partial charge in [0.2, 0.25) is 11.0 Å². The van der Waals surface area contributed by atoms with E-state index in [1.54, 1.807) is 23.1 Å². The number of aromatic nitrogens is 2. The Balaban J connectivity index is 1.14. The van der Waals surface area contributed by atoms with Crippen LogP contribution in [0.5, 0.6) is 0 Å². The first-order valence-corrected chi connectivity index (χ1v) is 12.0. The summed E-state index contributed by atoms with van der Waals surface area (Å²) in [7, 11) is 0. The maximum atomic E-state index is 12.8. The Morgan fingerprint density at radius 1 is 1.07 bits per heavy atom. The van der Waals surface area contributed by atoms with Gasteiger partial charge in [-0.1, -0.05) is 42.4 Å². The minimum absolute atomic E-state index is 0.222. The molecule has 3 aliphatic heterocycles. The van der Waals surface area contributed by atoms with Gasteiger partial charge in [0, 0.05) is 44.3 Å². The minimum Gasteiger partial charge on any atom is -0.343 e. The van der Waals surface area contributed by atoms with Gasteiger partial charge in [0.15, 0.2) is 5.17 Å². The molecule has 0 unspecified atom stereocenters. The van der Waals surface area contributed by atoms with Crippen LogP contribution in [-0.2, 0) is 4.79 Å². The molecular weight excluding hydrogens is 392 g/mol. The Morgan fingerprint density at radius 2 is 1.89 bits per heavy atom. The van der Waals surface area contributed by atoms with Gasteiger partial charge in [-0.2, -0.15) is 0 Å². The van der Waals surface area contributed by atoms with Crippen LogP contribution >= 0.6 is 23.1 Å². The number of hydrogen-bond donors (Lipinski definition) is 0. The summed E-state index contributed by atoms with van der Waals surface area (Å²) in [6.45, 7) is 4.97. The quantitative estimate of drug-likeness (QED) is 0.749. The number of rotatable bonds is 4. The zero-order chi connectivity index (χ0) is 18.9. The van der Waals surface area contributed by atoms with Crippen molar-refractivity contribution in [3.05, 3.63) is 16.1 Å². The van der Waals surface area contributed by atoms with Crippen LogP contribution in [0.25, 0.3) is 0 Å². The van der Waals surface area contributed by atoms with Gasteiger partial charge in [-0.05, 0) is 18.2 Å². The van der Waals surface area contributed by atoms with Crippen molar-refractivity contribution in [2.24, 2.45) is 4.99 Å². The lowest BCUT2D eigenvalue weighted by atomic mass is 9.90. The summed E-state index contributed by atoms with van der Waals surface area (Å²) in [6, 6.07) is 0. The molecule has 0 N–H and O–H groups in total. The lowest BCUT2D eigenvalue weighted by molar-refractivity contribution is -0.130. The molecule has 0 bridgehead atoms. The first-order valence-electron chi connectivity index (χ1n) is 10.3. The summed E-state index contributed by atoms with van der Waals surface area (Å²) in [6.07, 6.45) is 7.00. The molecule has 1 saturated heterocycles. The first-order chi connectivity index (χ1) is 13.8. The fourth-order valence-corrected chi connectivity index (χ4v) is 6.42. The second-order valence-corrected chi connectivity index (χ2v) is 9.67. The minimum atomic E-state index is 0.222. The molecule has 0 aromatic carbocycles. The second-order valence-electron chi connectivity index (χ2n) is 7.85. The van der Waals surface area contributed by atoms with Gasteiger partial charge in [-0.3, -0.25) is 9.79 Å². The SMILES string of the molecule is O=C(CC1=CSC2=NCCN12)N1CCN(c2nnc(C3CCCCC3)s2)CC1. The van der Waals surface area contributed by atoms with Gasteiger partial charge in [0.25, 0.3) is 0 Å². The predicted molar refractivity (Wildman–Crippen MR) is 114 cm³/mol. The number of fused-ring (bicyclic) bond motifs is 1. The molecule has 5 rings (SSSR count). The van der Waals surface area contributed by atoms with Crippen molar-refractivity contribution < 1.29 is 4.79 Å². The summed E-state index contributed by atoms with van der Waals surface area (Å²) in [5, 5.41) is 14.3. The summed E-state index contributed by atoms with van der Waals surface area (Å²) in [5.74, 6) is 0.833. The number of aliphatic imine (C=N–C) groups is 1. The molecule has 0 atom stereocenters. The van der Waals surface area contributed by atoms with Crippen molar-refractivity contribution >= 4 is 39.3 Å². The monoisotopic (exact) mass is 418 g/mol. The molecule has 9 heteroatoms. The Hall–Kier alpha value is -1.61. The smallest absolute Gasteiger partial charge is 0.228 e. The molecule has 1 aliphatic carbocycles. The lowest BCUT2D eigenvalue weighted by Crippen LogP contribution is -2.49. The number of thioether (sulfide) groups is 1. The third kappa shape index (κ3) is 3.66. The van der Waals surface area contributed by atoms with E-state index in [4.69, 9.17) is 0 Å². The molecule has 28 heavy (non-hydrogen) atoms. The fourth-order valence-electron chi connectivity index (χ4n) is 4.40. The third-order valence-electron chi connectivity index (χ3n) is 6.07. The van der Waals surface area contributed by atoms with E-state index in [-0.39, 0.29) is 5.91 Å². The van der Waals surface area contributed by atoms with Crippen molar-refractivity contribution in [3.8, 4) is 0 Å². The third-order valence-corrected chi connectivity index (χ3v) is 8.17. The van der Waals surface area contributed by atoms with E-state index in [1.807, 2.05) is 4.90 Å². The number of anilines is 1. The van der Waals surface area contributed by atoms with Gasteiger partial charge in [-0.15, -0.1) is 10.2 Å². The molecule has 7 nitrogen and oxygen atoms in total. The first kappa shape index (κ1) is 18.4. The number of piperazine rings is 1. The molecule has 4 heterocycles. The van der Waals surface area contributed by atoms with Gasteiger partial charge in [0.1, 0.15) is 5.01 Å². The van der Waals surface area contributed by atoms with E-state index in [0.29, 0.717) is 12.3 Å². The van der Waals surface area contributed by atoms with Gasteiger partial charge >= 0.3 is 0 Å². The standard InChI is InChI=1S/C19H26N6OS2/c26-16(12-15-13-27-18-20-6-7-25(15)18)23-8-10-24(11-9-23)19-22-21-17(28-19)14-4-2-1-3-5-14/h13-14H,1-12H2. The fraction of sp³-hybridized carbons (Fsp3) is 0.684. The van der Waals surface area contributed by atoms with E-state index >= 15 is 0 Å². The average molecular weight is 419 g/mol. The van der Waals surface area contributed by atoms with Gasteiger partial charge in [0.05, 0.1) is 13.0 Å². The van der Waals surface area contributed by atoms with Crippen molar-refractivity contribution in [2.75, 3.05) is 44.2 Å². The summed E-state index contributed by atoms with van der Waals surface area (Å²) >= 11 is 3.40. The largest absolute Gasteiger partial charge is 0.343 e. The Bertz CT molecular complexity index is 792. The maximum Gasteiger partial charge on any atom is 0.228 e. The zero-order valence-electron chi connectivity index (χ0n) is 16.0. The number of amides is 1. The van der Waals surface area contributed by atoms with Gasteiger partial charge < -0.3 is 14.7 Å². The van der Waals surface area contributed by atoms with E-state index in [9.17, 15) is 4.79 Å². The van der Waals surface area contributed by atoms with Gasteiger partial charge in [-0.25, -0.2) is 0 Å². The molecule has 150 valence electrons. The molecule has 4 aliphatic rings. The second kappa shape index (κ2) is 8.02. The van der Waals surface area contributed by atoms with E-state index in [2.05, 4.69) is 30.4 Å². The number of nitrogens with zero attached hydrogens (tertiary/aromatic N) is 6. The number of carbonyl (C=O) groups is 1. The summed E-state index contributed by atoms with van der Waals surface area (Å²) in [5.41, 5.74) is 1.11. The highest BCUT2D eigenvalue weighted by Gasteiger charge is 2.30. The average Bonchev–Trinajstić information content (AvgIpc) is 3.47. The Morgan fingerprint density at radius 3 is 2.71 bits per heavy atom. The zero-order valence-corrected chi connectivity index (χ0v) is 17.7. The van der Waals surface area contributed by atoms with Crippen LogP contribution in [0.1, 0.15) is 49.5 Å². The molecule has 1 aromatic heterocycles. The van der Waals surface area contributed by atoms with Crippen LogP contribution in [-0.4, -0.2) is 70.3 Å². The van der Waals surface area contributed by atoms with Crippen LogP contribution in [0.15, 0.2) is 16.1 Å². The predicted octanol–water partition coefficient (Wildman–Crippen LogP) is 2.88. The highest BCUT2D eigenvalue weighted by molar-refractivity contribution is 8.16. The van der Waals surface area contributed by atoms with Crippen molar-refractivity contribution in [3.63, 3.8) is 0 Å². The molecule has 2 fully saturated rings. The Labute approximate surface area is 173 Å². The van der Waals surface area contributed by atoms with E-state index < -0.39 is 0 Å². The van der Waals surface area contributed by atoms with Crippen molar-refractivity contribution in [1.82, 2.24) is 20.0 Å². The molecule has 1 aromatic rings. The van der Waals surface area contributed by atoms with Crippen LogP contribution in [0, 0.1) is 0 Å². The molecule has 1 amide bonds. The van der Waals surface area contributed by atoms with Crippen molar-refractivity contribution in [1.29, 1.82) is 0 Å². The van der Waals surface area contributed by atoms with Crippen LogP contribution in [0.2, 0.25) is 0 Å². The number of amidine groups is 1. The molecule has 1 saturated carbocycles. The van der Waals surface area contributed by atoms with E-state index in [0.717, 1.165) is 55.3 Å². The highest BCUT2D eigenvalue weighted by atomic mass is 32.2. The summed E-state index contributed by atoms with van der Waals surface area (Å²) < 4.78 is 0. The van der Waals surface area contributed by atoms with Crippen LogP contribution in [0.3, 0.4) is 0 Å². The normalized spacial score (nSPS) is 23.1. The lowest BCUT2D eigenvalue weighted by Gasteiger charge is -2.34. The van der Waals surface area contributed by atoms with Crippen LogP contribution < -0.4 is 4.90 Å². The topological polar surface area (TPSA) is 64.9 Å².